The van der Waals surface area contributed by atoms with E-state index in [1.165, 1.54) is 0 Å². The molecule has 0 aliphatic rings. The second-order valence-corrected chi connectivity index (χ2v) is 6.76. The van der Waals surface area contributed by atoms with Crippen LogP contribution in [0.1, 0.15) is 35.5 Å². The SMILES string of the molecule is Cc1cc(C(=O)NC(C)(C)C(=O)C(Cl)Br)c(C)cn1. The van der Waals surface area contributed by atoms with E-state index >= 15 is 0 Å². The molecular weight excluding hydrogens is 332 g/mol. The molecule has 0 aromatic carbocycles. The predicted molar refractivity (Wildman–Crippen MR) is 78.8 cm³/mol. The van der Waals surface area contributed by atoms with Crippen molar-refractivity contribution in [3.63, 3.8) is 0 Å². The Morgan fingerprint density at radius 2 is 2.00 bits per heavy atom. The van der Waals surface area contributed by atoms with Crippen LogP contribution in [-0.2, 0) is 4.79 Å². The number of aryl methyl sites for hydroxylation is 2. The van der Waals surface area contributed by atoms with Gasteiger partial charge in [-0.2, -0.15) is 0 Å². The van der Waals surface area contributed by atoms with E-state index in [0.29, 0.717) is 5.56 Å². The van der Waals surface area contributed by atoms with Crippen molar-refractivity contribution in [2.24, 2.45) is 0 Å². The van der Waals surface area contributed by atoms with Gasteiger partial charge in [0.15, 0.2) is 5.78 Å². The van der Waals surface area contributed by atoms with Gasteiger partial charge in [0, 0.05) is 17.5 Å². The topological polar surface area (TPSA) is 59.1 Å². The zero-order valence-corrected chi connectivity index (χ0v) is 13.6. The number of Topliss-reactive ketones (excluding diaryl/α,β-unsaturated/α-hetero) is 1. The highest BCUT2D eigenvalue weighted by Gasteiger charge is 2.33. The van der Waals surface area contributed by atoms with E-state index in [0.717, 1.165) is 11.3 Å². The van der Waals surface area contributed by atoms with Gasteiger partial charge in [-0.05, 0) is 39.3 Å². The summed E-state index contributed by atoms with van der Waals surface area (Å²) in [4.78, 5) is 28.2. The van der Waals surface area contributed by atoms with E-state index in [1.54, 1.807) is 40.0 Å². The minimum absolute atomic E-state index is 0.300. The van der Waals surface area contributed by atoms with Crippen LogP contribution in [0.3, 0.4) is 0 Å². The van der Waals surface area contributed by atoms with Crippen molar-refractivity contribution in [3.8, 4) is 0 Å². The summed E-state index contributed by atoms with van der Waals surface area (Å²) in [5.41, 5.74) is 0.966. The number of aromatic nitrogens is 1. The lowest BCUT2D eigenvalue weighted by atomic mass is 9.99. The van der Waals surface area contributed by atoms with Crippen LogP contribution in [0.15, 0.2) is 12.3 Å². The summed E-state index contributed by atoms with van der Waals surface area (Å²) in [5.74, 6) is -0.614. The molecule has 19 heavy (non-hydrogen) atoms. The molecule has 6 heteroatoms. The molecule has 1 rings (SSSR count). The lowest BCUT2D eigenvalue weighted by Crippen LogP contribution is -2.51. The Hall–Kier alpha value is -0.940. The highest BCUT2D eigenvalue weighted by atomic mass is 79.9. The molecule has 0 saturated carbocycles. The molecule has 104 valence electrons. The summed E-state index contributed by atoms with van der Waals surface area (Å²) < 4.78 is -0.830. The largest absolute Gasteiger partial charge is 0.340 e. The van der Waals surface area contributed by atoms with Crippen molar-refractivity contribution in [2.75, 3.05) is 0 Å². The molecule has 0 saturated heterocycles. The summed E-state index contributed by atoms with van der Waals surface area (Å²) in [6, 6.07) is 1.69. The number of rotatable bonds is 4. The van der Waals surface area contributed by atoms with Crippen LogP contribution in [-0.4, -0.2) is 26.5 Å². The van der Waals surface area contributed by atoms with Crippen LogP contribution < -0.4 is 5.32 Å². The third kappa shape index (κ3) is 4.01. The van der Waals surface area contributed by atoms with Crippen LogP contribution in [0.2, 0.25) is 0 Å². The lowest BCUT2D eigenvalue weighted by Gasteiger charge is -2.25. The molecule has 0 fully saturated rings. The van der Waals surface area contributed by atoms with Gasteiger partial charge in [0.2, 0.25) is 0 Å². The fourth-order valence-corrected chi connectivity index (χ4v) is 2.40. The van der Waals surface area contributed by atoms with Gasteiger partial charge < -0.3 is 5.32 Å². The van der Waals surface area contributed by atoms with E-state index in [1.807, 2.05) is 0 Å². The highest BCUT2D eigenvalue weighted by Crippen LogP contribution is 2.17. The number of carbonyl (C=O) groups is 2. The summed E-state index contributed by atoms with van der Waals surface area (Å²) in [6.07, 6.45) is 1.63. The van der Waals surface area contributed by atoms with Gasteiger partial charge in [0.1, 0.15) is 4.29 Å². The van der Waals surface area contributed by atoms with E-state index < -0.39 is 9.83 Å². The third-order valence-corrected chi connectivity index (χ3v) is 3.34. The van der Waals surface area contributed by atoms with Crippen LogP contribution in [0.25, 0.3) is 0 Å². The van der Waals surface area contributed by atoms with Crippen LogP contribution >= 0.6 is 27.5 Å². The van der Waals surface area contributed by atoms with Crippen molar-refractivity contribution in [1.29, 1.82) is 0 Å². The third-order valence-electron chi connectivity index (χ3n) is 2.72. The average Bonchev–Trinajstić information content (AvgIpc) is 2.30. The number of hydrogen-bond acceptors (Lipinski definition) is 3. The van der Waals surface area contributed by atoms with E-state index in [2.05, 4.69) is 26.2 Å². The Morgan fingerprint density at radius 1 is 1.42 bits per heavy atom. The Labute approximate surface area is 126 Å². The molecule has 1 N–H and O–H groups in total. The first-order chi connectivity index (χ1) is 8.65. The van der Waals surface area contributed by atoms with E-state index in [9.17, 15) is 9.59 Å². The summed E-state index contributed by atoms with van der Waals surface area (Å²) in [7, 11) is 0. The first kappa shape index (κ1) is 16.1. The van der Waals surface area contributed by atoms with Crippen LogP contribution in [0.4, 0.5) is 0 Å². The first-order valence-electron chi connectivity index (χ1n) is 5.73. The summed E-state index contributed by atoms with van der Waals surface area (Å²) >= 11 is 8.71. The molecule has 0 spiro atoms. The Bertz CT molecular complexity index is 515. The molecule has 0 bridgehead atoms. The summed E-state index contributed by atoms with van der Waals surface area (Å²) in [5, 5.41) is 2.69. The molecule has 1 aromatic heterocycles. The number of carbonyl (C=O) groups excluding carboxylic acids is 2. The Balaban J connectivity index is 2.97. The maximum atomic E-state index is 12.2. The number of alkyl halides is 2. The van der Waals surface area contributed by atoms with Crippen molar-refractivity contribution in [2.45, 2.75) is 37.5 Å². The fourth-order valence-electron chi connectivity index (χ4n) is 1.56. The van der Waals surface area contributed by atoms with Crippen molar-refractivity contribution in [1.82, 2.24) is 10.3 Å². The quantitative estimate of drug-likeness (QED) is 0.852. The number of nitrogens with zero attached hydrogens (tertiary/aromatic N) is 1. The van der Waals surface area contributed by atoms with Crippen molar-refractivity contribution in [3.05, 3.63) is 29.1 Å². The van der Waals surface area contributed by atoms with Gasteiger partial charge in [0.25, 0.3) is 5.91 Å². The molecule has 0 aliphatic heterocycles. The zero-order valence-electron chi connectivity index (χ0n) is 11.3. The Kier molecular flexibility index (Phi) is 5.10. The molecule has 1 amide bonds. The molecule has 1 atom stereocenters. The molecule has 1 unspecified atom stereocenters. The van der Waals surface area contributed by atoms with Gasteiger partial charge in [-0.15, -0.1) is 11.6 Å². The van der Waals surface area contributed by atoms with Crippen LogP contribution in [0.5, 0.6) is 0 Å². The minimum atomic E-state index is -1.05. The second-order valence-electron chi connectivity index (χ2n) is 4.88. The average molecular weight is 348 g/mol. The van der Waals surface area contributed by atoms with Gasteiger partial charge >= 0.3 is 0 Å². The number of hydrogen-bond donors (Lipinski definition) is 1. The van der Waals surface area contributed by atoms with Crippen LogP contribution in [0, 0.1) is 13.8 Å². The van der Waals surface area contributed by atoms with Crippen molar-refractivity contribution >= 4 is 39.2 Å². The fraction of sp³-hybridized carbons (Fsp3) is 0.462. The van der Waals surface area contributed by atoms with Crippen molar-refractivity contribution < 1.29 is 9.59 Å². The van der Waals surface area contributed by atoms with Gasteiger partial charge in [-0.25, -0.2) is 0 Å². The summed E-state index contributed by atoms with van der Waals surface area (Å²) in [6.45, 7) is 6.84. The van der Waals surface area contributed by atoms with Gasteiger partial charge in [-0.3, -0.25) is 14.6 Å². The maximum absolute atomic E-state index is 12.2. The monoisotopic (exact) mass is 346 g/mol. The van der Waals surface area contributed by atoms with Gasteiger partial charge in [0.05, 0.1) is 5.54 Å². The zero-order chi connectivity index (χ0) is 14.8. The minimum Gasteiger partial charge on any atom is -0.340 e. The first-order valence-corrected chi connectivity index (χ1v) is 7.08. The maximum Gasteiger partial charge on any atom is 0.252 e. The second kappa shape index (κ2) is 6.01. The molecule has 4 nitrogen and oxygen atoms in total. The molecule has 0 aliphatic carbocycles. The number of pyridine rings is 1. The number of amides is 1. The Morgan fingerprint density at radius 3 is 2.53 bits per heavy atom. The highest BCUT2D eigenvalue weighted by molar-refractivity contribution is 9.10. The molecular formula is C13H16BrClN2O2. The molecule has 1 heterocycles. The number of ketones is 1. The van der Waals surface area contributed by atoms with E-state index in [4.69, 9.17) is 11.6 Å². The lowest BCUT2D eigenvalue weighted by molar-refractivity contribution is -0.122. The van der Waals surface area contributed by atoms with Gasteiger partial charge in [-0.1, -0.05) is 15.9 Å². The number of nitrogens with one attached hydrogen (secondary N) is 1. The van der Waals surface area contributed by atoms with E-state index in [-0.39, 0.29) is 11.7 Å². The molecule has 0 radical (unpaired) electrons. The normalized spacial score (nSPS) is 12.9. The standard InChI is InChI=1S/C13H16BrClN2O2/c1-7-6-16-8(2)5-9(7)12(19)17-13(3,4)10(18)11(14)15/h5-6,11H,1-4H3,(H,17,19). The number of halogens is 2. The predicted octanol–water partition coefficient (Wildman–Crippen LogP) is 2.74. The molecule has 1 aromatic rings. The smallest absolute Gasteiger partial charge is 0.252 e.